The number of pyridine rings is 1. The zero-order valence-electron chi connectivity index (χ0n) is 10.4. The van der Waals surface area contributed by atoms with Crippen LogP contribution in [0.5, 0.6) is 5.75 Å². The van der Waals surface area contributed by atoms with Gasteiger partial charge < -0.3 is 15.0 Å². The SMILES string of the molecule is CCCNCCN(C)c1cc(OC)ccn1. The second kappa shape index (κ2) is 7.06. The molecule has 16 heavy (non-hydrogen) atoms. The number of anilines is 1. The van der Waals surface area contributed by atoms with Gasteiger partial charge in [0.05, 0.1) is 7.11 Å². The van der Waals surface area contributed by atoms with Crippen molar-refractivity contribution in [1.82, 2.24) is 10.3 Å². The highest BCUT2D eigenvalue weighted by Gasteiger charge is 2.02. The van der Waals surface area contributed by atoms with Gasteiger partial charge in [0.1, 0.15) is 11.6 Å². The number of rotatable bonds is 7. The first-order valence-corrected chi connectivity index (χ1v) is 5.69. The van der Waals surface area contributed by atoms with Crippen molar-refractivity contribution in [2.45, 2.75) is 13.3 Å². The van der Waals surface area contributed by atoms with Gasteiger partial charge in [0.15, 0.2) is 0 Å². The summed E-state index contributed by atoms with van der Waals surface area (Å²) in [5, 5.41) is 3.36. The molecule has 0 unspecified atom stereocenters. The Labute approximate surface area is 97.6 Å². The topological polar surface area (TPSA) is 37.4 Å². The zero-order valence-corrected chi connectivity index (χ0v) is 10.4. The van der Waals surface area contributed by atoms with Gasteiger partial charge in [-0.2, -0.15) is 0 Å². The molecule has 0 bridgehead atoms. The van der Waals surface area contributed by atoms with E-state index in [1.54, 1.807) is 13.3 Å². The molecule has 90 valence electrons. The number of likely N-dealkylation sites (N-methyl/N-ethyl adjacent to an activating group) is 1. The maximum atomic E-state index is 5.17. The Kier molecular flexibility index (Phi) is 5.64. The Balaban J connectivity index is 2.42. The molecular formula is C12H21N3O. The minimum atomic E-state index is 0.846. The summed E-state index contributed by atoms with van der Waals surface area (Å²) in [6, 6.07) is 3.80. The Morgan fingerprint density at radius 3 is 2.94 bits per heavy atom. The van der Waals surface area contributed by atoms with Crippen LogP contribution in [-0.4, -0.2) is 38.8 Å². The van der Waals surface area contributed by atoms with Crippen LogP contribution in [0, 0.1) is 0 Å². The van der Waals surface area contributed by atoms with Crippen LogP contribution in [0.2, 0.25) is 0 Å². The van der Waals surface area contributed by atoms with Crippen LogP contribution in [0.3, 0.4) is 0 Å². The van der Waals surface area contributed by atoms with E-state index in [1.807, 2.05) is 19.2 Å². The summed E-state index contributed by atoms with van der Waals surface area (Å²) in [6.07, 6.45) is 2.94. The van der Waals surface area contributed by atoms with Gasteiger partial charge in [-0.05, 0) is 19.0 Å². The summed E-state index contributed by atoms with van der Waals surface area (Å²) >= 11 is 0. The first-order valence-electron chi connectivity index (χ1n) is 5.69. The molecule has 1 N–H and O–H groups in total. The van der Waals surface area contributed by atoms with Gasteiger partial charge in [0.25, 0.3) is 0 Å². The number of methoxy groups -OCH3 is 1. The zero-order chi connectivity index (χ0) is 11.8. The lowest BCUT2D eigenvalue weighted by atomic mass is 10.4. The van der Waals surface area contributed by atoms with E-state index in [2.05, 4.69) is 22.1 Å². The molecule has 0 saturated heterocycles. The minimum absolute atomic E-state index is 0.846. The highest BCUT2D eigenvalue weighted by molar-refractivity contribution is 5.42. The first-order chi connectivity index (χ1) is 7.77. The molecular weight excluding hydrogens is 202 g/mol. The van der Waals surface area contributed by atoms with Crippen LogP contribution in [0.25, 0.3) is 0 Å². The Hall–Kier alpha value is -1.29. The highest BCUT2D eigenvalue weighted by Crippen LogP contribution is 2.16. The third kappa shape index (κ3) is 4.06. The van der Waals surface area contributed by atoms with Crippen molar-refractivity contribution in [1.29, 1.82) is 0 Å². The minimum Gasteiger partial charge on any atom is -0.497 e. The number of nitrogens with zero attached hydrogens (tertiary/aromatic N) is 2. The second-order valence-electron chi connectivity index (χ2n) is 3.73. The molecule has 0 atom stereocenters. The predicted molar refractivity (Wildman–Crippen MR) is 67.2 cm³/mol. The largest absolute Gasteiger partial charge is 0.497 e. The smallest absolute Gasteiger partial charge is 0.131 e. The molecule has 0 fully saturated rings. The van der Waals surface area contributed by atoms with Gasteiger partial charge in [0.2, 0.25) is 0 Å². The quantitative estimate of drug-likeness (QED) is 0.711. The molecule has 0 aliphatic rings. The molecule has 1 rings (SSSR count). The molecule has 0 aliphatic carbocycles. The monoisotopic (exact) mass is 223 g/mol. The molecule has 0 aromatic carbocycles. The van der Waals surface area contributed by atoms with Crippen molar-refractivity contribution in [2.24, 2.45) is 0 Å². The Morgan fingerprint density at radius 1 is 1.44 bits per heavy atom. The molecule has 0 amide bonds. The third-order valence-electron chi connectivity index (χ3n) is 2.39. The molecule has 1 aromatic heterocycles. The van der Waals surface area contributed by atoms with Crippen LogP contribution >= 0.6 is 0 Å². The lowest BCUT2D eigenvalue weighted by molar-refractivity contribution is 0.414. The van der Waals surface area contributed by atoms with Crippen molar-refractivity contribution in [3.63, 3.8) is 0 Å². The normalized spacial score (nSPS) is 10.2. The van der Waals surface area contributed by atoms with Crippen LogP contribution in [0.4, 0.5) is 5.82 Å². The van der Waals surface area contributed by atoms with Gasteiger partial charge in [-0.15, -0.1) is 0 Å². The summed E-state index contributed by atoms with van der Waals surface area (Å²) < 4.78 is 5.17. The summed E-state index contributed by atoms with van der Waals surface area (Å²) in [5.41, 5.74) is 0. The number of ether oxygens (including phenoxy) is 1. The first kappa shape index (κ1) is 12.8. The van der Waals surface area contributed by atoms with E-state index < -0.39 is 0 Å². The van der Waals surface area contributed by atoms with Gasteiger partial charge in [0, 0.05) is 32.4 Å². The van der Waals surface area contributed by atoms with Gasteiger partial charge >= 0.3 is 0 Å². The van der Waals surface area contributed by atoms with E-state index in [0.717, 1.165) is 31.2 Å². The number of hydrogen-bond acceptors (Lipinski definition) is 4. The molecule has 1 heterocycles. The molecule has 0 spiro atoms. The summed E-state index contributed by atoms with van der Waals surface area (Å²) in [4.78, 5) is 6.42. The van der Waals surface area contributed by atoms with Crippen LogP contribution in [-0.2, 0) is 0 Å². The number of nitrogens with one attached hydrogen (secondary N) is 1. The van der Waals surface area contributed by atoms with Gasteiger partial charge in [-0.25, -0.2) is 4.98 Å². The van der Waals surface area contributed by atoms with E-state index in [-0.39, 0.29) is 0 Å². The molecule has 1 aromatic rings. The fourth-order valence-corrected chi connectivity index (χ4v) is 1.40. The molecule has 0 saturated carbocycles. The molecule has 4 nitrogen and oxygen atoms in total. The summed E-state index contributed by atoms with van der Waals surface area (Å²) in [5.74, 6) is 1.79. The van der Waals surface area contributed by atoms with E-state index in [1.165, 1.54) is 6.42 Å². The maximum Gasteiger partial charge on any atom is 0.131 e. The molecule has 4 heteroatoms. The highest BCUT2D eigenvalue weighted by atomic mass is 16.5. The third-order valence-corrected chi connectivity index (χ3v) is 2.39. The Morgan fingerprint density at radius 2 is 2.25 bits per heavy atom. The van der Waals surface area contributed by atoms with Crippen LogP contribution < -0.4 is 15.0 Å². The number of hydrogen-bond donors (Lipinski definition) is 1. The van der Waals surface area contributed by atoms with Crippen molar-refractivity contribution in [3.05, 3.63) is 18.3 Å². The maximum absolute atomic E-state index is 5.17. The fraction of sp³-hybridized carbons (Fsp3) is 0.583. The van der Waals surface area contributed by atoms with E-state index in [0.29, 0.717) is 0 Å². The van der Waals surface area contributed by atoms with Gasteiger partial charge in [-0.3, -0.25) is 0 Å². The van der Waals surface area contributed by atoms with E-state index >= 15 is 0 Å². The second-order valence-corrected chi connectivity index (χ2v) is 3.73. The lowest BCUT2D eigenvalue weighted by Gasteiger charge is -2.18. The Bertz CT molecular complexity index is 304. The van der Waals surface area contributed by atoms with Gasteiger partial charge in [-0.1, -0.05) is 6.92 Å². The standard InChI is InChI=1S/C12H21N3O/c1-4-6-13-8-9-15(2)12-10-11(16-3)5-7-14-12/h5,7,10,13H,4,6,8-9H2,1-3H3. The van der Waals surface area contributed by atoms with Crippen molar-refractivity contribution >= 4 is 5.82 Å². The van der Waals surface area contributed by atoms with Crippen molar-refractivity contribution in [3.8, 4) is 5.75 Å². The summed E-state index contributed by atoms with van der Waals surface area (Å²) in [7, 11) is 3.71. The average molecular weight is 223 g/mol. The fourth-order valence-electron chi connectivity index (χ4n) is 1.40. The van der Waals surface area contributed by atoms with Crippen molar-refractivity contribution in [2.75, 3.05) is 38.7 Å². The van der Waals surface area contributed by atoms with E-state index in [4.69, 9.17) is 4.74 Å². The molecule has 0 radical (unpaired) electrons. The lowest BCUT2D eigenvalue weighted by Crippen LogP contribution is -2.29. The average Bonchev–Trinajstić information content (AvgIpc) is 2.34. The summed E-state index contributed by atoms with van der Waals surface area (Å²) in [6.45, 7) is 5.16. The number of aromatic nitrogens is 1. The van der Waals surface area contributed by atoms with Crippen LogP contribution in [0.15, 0.2) is 18.3 Å². The van der Waals surface area contributed by atoms with Crippen molar-refractivity contribution < 1.29 is 4.74 Å². The predicted octanol–water partition coefficient (Wildman–Crippen LogP) is 1.53. The van der Waals surface area contributed by atoms with Crippen LogP contribution in [0.1, 0.15) is 13.3 Å². The molecule has 0 aliphatic heterocycles. The van der Waals surface area contributed by atoms with E-state index in [9.17, 15) is 0 Å².